The monoisotopic (exact) mass is 297 g/mol. The normalized spacial score (nSPS) is 10.5. The van der Waals surface area contributed by atoms with Crippen LogP contribution >= 0.6 is 0 Å². The van der Waals surface area contributed by atoms with Crippen LogP contribution in [0, 0.1) is 0 Å². The van der Waals surface area contributed by atoms with E-state index in [4.69, 9.17) is 4.74 Å². The molecule has 0 aromatic carbocycles. The molecule has 0 unspecified atom stereocenters. The molecular formula is C13H19N3O5. The fourth-order valence-electron chi connectivity index (χ4n) is 1.78. The van der Waals surface area contributed by atoms with E-state index in [1.54, 1.807) is 20.8 Å². The number of aromatic nitrogens is 2. The molecule has 8 nitrogen and oxygen atoms in total. The zero-order chi connectivity index (χ0) is 16.0. The number of esters is 1. The lowest BCUT2D eigenvalue weighted by molar-refractivity contribution is -0.149. The van der Waals surface area contributed by atoms with Gasteiger partial charge in [-0.05, 0) is 20.8 Å². The van der Waals surface area contributed by atoms with Crippen molar-refractivity contribution < 1.29 is 14.3 Å². The topological polar surface area (TPSA) is 112 Å². The van der Waals surface area contributed by atoms with Gasteiger partial charge in [-0.25, -0.2) is 4.79 Å². The molecule has 0 fully saturated rings. The molecule has 0 aliphatic rings. The molecule has 0 saturated carbocycles. The van der Waals surface area contributed by atoms with Crippen LogP contribution in [0.4, 0.5) is 0 Å². The minimum atomic E-state index is -0.674. The summed E-state index contributed by atoms with van der Waals surface area (Å²) in [6.45, 7) is 5.27. The van der Waals surface area contributed by atoms with Gasteiger partial charge in [0.1, 0.15) is 6.54 Å². The summed E-state index contributed by atoms with van der Waals surface area (Å²) in [5, 5.41) is 0. The zero-order valence-electron chi connectivity index (χ0n) is 12.3. The summed E-state index contributed by atoms with van der Waals surface area (Å²) in [5.41, 5.74) is -1.06. The Kier molecular flexibility index (Phi) is 5.89. The molecule has 21 heavy (non-hydrogen) atoms. The molecular weight excluding hydrogens is 278 g/mol. The average molecular weight is 297 g/mol. The Morgan fingerprint density at radius 3 is 2.48 bits per heavy atom. The van der Waals surface area contributed by atoms with Crippen molar-refractivity contribution in [3.8, 4) is 0 Å². The van der Waals surface area contributed by atoms with E-state index in [9.17, 15) is 19.2 Å². The van der Waals surface area contributed by atoms with Crippen LogP contribution in [0.1, 0.15) is 26.5 Å². The van der Waals surface area contributed by atoms with Crippen LogP contribution in [0.2, 0.25) is 0 Å². The van der Waals surface area contributed by atoms with Crippen molar-refractivity contribution in [3.05, 3.63) is 32.6 Å². The number of aromatic amines is 2. The number of H-pyrrole nitrogens is 2. The first kappa shape index (κ1) is 16.7. The van der Waals surface area contributed by atoms with Crippen LogP contribution in [0.15, 0.2) is 15.7 Å². The largest absolute Gasteiger partial charge is 0.465 e. The number of amides is 1. The first-order valence-corrected chi connectivity index (χ1v) is 6.61. The minimum absolute atomic E-state index is 0.169. The number of ether oxygens (including phenoxy) is 1. The van der Waals surface area contributed by atoms with Crippen molar-refractivity contribution in [2.24, 2.45) is 0 Å². The third kappa shape index (κ3) is 5.25. The first-order chi connectivity index (χ1) is 9.83. The van der Waals surface area contributed by atoms with E-state index in [0.717, 1.165) is 6.07 Å². The number of carbonyl (C=O) groups is 2. The number of carbonyl (C=O) groups excluding carboxylic acids is 2. The lowest BCUT2D eigenvalue weighted by Crippen LogP contribution is -2.42. The zero-order valence-corrected chi connectivity index (χ0v) is 12.3. The second-order valence-electron chi connectivity index (χ2n) is 4.71. The summed E-state index contributed by atoms with van der Waals surface area (Å²) in [7, 11) is 0. The van der Waals surface area contributed by atoms with E-state index < -0.39 is 17.2 Å². The van der Waals surface area contributed by atoms with Gasteiger partial charge in [0.25, 0.3) is 5.56 Å². The smallest absolute Gasteiger partial charge is 0.325 e. The summed E-state index contributed by atoms with van der Waals surface area (Å²) in [6.07, 6.45) is -0.170. The van der Waals surface area contributed by atoms with Crippen LogP contribution in [0.5, 0.6) is 0 Å². The maximum atomic E-state index is 12.2. The SMILES string of the molecule is CCOC(=O)CN(C(=O)Cc1cc(=O)[nH]c(=O)[nH]1)C(C)C. The van der Waals surface area contributed by atoms with Crippen LogP contribution in [-0.4, -0.2) is 45.9 Å². The van der Waals surface area contributed by atoms with Gasteiger partial charge in [0, 0.05) is 17.8 Å². The van der Waals surface area contributed by atoms with Crippen molar-refractivity contribution in [1.29, 1.82) is 0 Å². The molecule has 1 amide bonds. The molecule has 8 heteroatoms. The van der Waals surface area contributed by atoms with Crippen molar-refractivity contribution in [1.82, 2.24) is 14.9 Å². The second-order valence-corrected chi connectivity index (χ2v) is 4.71. The van der Waals surface area contributed by atoms with Crippen LogP contribution in [-0.2, 0) is 20.7 Å². The molecule has 0 aliphatic carbocycles. The van der Waals surface area contributed by atoms with E-state index in [1.807, 2.05) is 4.98 Å². The van der Waals surface area contributed by atoms with Gasteiger partial charge in [0.15, 0.2) is 0 Å². The van der Waals surface area contributed by atoms with Crippen molar-refractivity contribution in [2.45, 2.75) is 33.2 Å². The highest BCUT2D eigenvalue weighted by Crippen LogP contribution is 2.03. The van der Waals surface area contributed by atoms with E-state index in [-0.39, 0.29) is 37.2 Å². The van der Waals surface area contributed by atoms with Crippen molar-refractivity contribution >= 4 is 11.9 Å². The van der Waals surface area contributed by atoms with Gasteiger partial charge in [-0.3, -0.25) is 19.4 Å². The van der Waals surface area contributed by atoms with Gasteiger partial charge in [-0.15, -0.1) is 0 Å². The molecule has 1 heterocycles. The van der Waals surface area contributed by atoms with Crippen LogP contribution in [0.25, 0.3) is 0 Å². The second kappa shape index (κ2) is 7.41. The quantitative estimate of drug-likeness (QED) is 0.681. The molecule has 1 rings (SSSR count). The van der Waals surface area contributed by atoms with Gasteiger partial charge >= 0.3 is 11.7 Å². The number of hydrogen-bond acceptors (Lipinski definition) is 5. The third-order valence-corrected chi connectivity index (χ3v) is 2.71. The molecule has 116 valence electrons. The van der Waals surface area contributed by atoms with E-state index in [1.165, 1.54) is 4.90 Å². The van der Waals surface area contributed by atoms with Gasteiger partial charge < -0.3 is 14.6 Å². The fraction of sp³-hybridized carbons (Fsp3) is 0.538. The maximum Gasteiger partial charge on any atom is 0.325 e. The van der Waals surface area contributed by atoms with E-state index in [2.05, 4.69) is 4.98 Å². The highest BCUT2D eigenvalue weighted by atomic mass is 16.5. The predicted molar refractivity (Wildman–Crippen MR) is 74.9 cm³/mol. The molecule has 0 aliphatic heterocycles. The number of nitrogens with zero attached hydrogens (tertiary/aromatic N) is 1. The van der Waals surface area contributed by atoms with Gasteiger partial charge in [-0.1, -0.05) is 0 Å². The molecule has 0 saturated heterocycles. The standard InChI is InChI=1S/C13H19N3O5/c1-4-21-12(19)7-16(8(2)3)11(18)6-9-5-10(17)15-13(20)14-9/h5,8H,4,6-7H2,1-3H3,(H2,14,15,17,20). The van der Waals surface area contributed by atoms with Gasteiger partial charge in [0.2, 0.25) is 5.91 Å². The molecule has 0 atom stereocenters. The lowest BCUT2D eigenvalue weighted by Gasteiger charge is -2.25. The Hall–Kier alpha value is -2.38. The Morgan fingerprint density at radius 1 is 1.29 bits per heavy atom. The highest BCUT2D eigenvalue weighted by Gasteiger charge is 2.21. The summed E-state index contributed by atoms with van der Waals surface area (Å²) in [5.74, 6) is -0.877. The summed E-state index contributed by atoms with van der Waals surface area (Å²) in [4.78, 5) is 51.8. The maximum absolute atomic E-state index is 12.2. The van der Waals surface area contributed by atoms with Crippen molar-refractivity contribution in [3.63, 3.8) is 0 Å². The summed E-state index contributed by atoms with van der Waals surface area (Å²) in [6, 6.07) is 0.929. The predicted octanol–water partition coefficient (Wildman–Crippen LogP) is -0.594. The molecule has 0 radical (unpaired) electrons. The van der Waals surface area contributed by atoms with Gasteiger partial charge in [-0.2, -0.15) is 0 Å². The van der Waals surface area contributed by atoms with E-state index >= 15 is 0 Å². The fourth-order valence-corrected chi connectivity index (χ4v) is 1.78. The average Bonchev–Trinajstić information content (AvgIpc) is 2.34. The highest BCUT2D eigenvalue weighted by molar-refractivity contribution is 5.83. The van der Waals surface area contributed by atoms with E-state index in [0.29, 0.717) is 0 Å². The Morgan fingerprint density at radius 2 is 1.95 bits per heavy atom. The molecule has 2 N–H and O–H groups in total. The van der Waals surface area contributed by atoms with Crippen LogP contribution in [0.3, 0.4) is 0 Å². The van der Waals surface area contributed by atoms with Crippen LogP contribution < -0.4 is 11.2 Å². The summed E-state index contributed by atoms with van der Waals surface area (Å²) >= 11 is 0. The molecule has 1 aromatic rings. The number of rotatable bonds is 6. The molecule has 0 spiro atoms. The molecule has 0 bridgehead atoms. The Bertz CT molecular complexity index is 588. The first-order valence-electron chi connectivity index (χ1n) is 6.61. The lowest BCUT2D eigenvalue weighted by atomic mass is 10.2. The third-order valence-electron chi connectivity index (χ3n) is 2.71. The Labute approximate surface area is 121 Å². The van der Waals surface area contributed by atoms with Gasteiger partial charge in [0.05, 0.1) is 13.0 Å². The van der Waals surface area contributed by atoms with Crippen molar-refractivity contribution in [2.75, 3.05) is 13.2 Å². The Balaban J connectivity index is 2.84. The minimum Gasteiger partial charge on any atom is -0.465 e. The number of nitrogens with one attached hydrogen (secondary N) is 2. The summed E-state index contributed by atoms with van der Waals surface area (Å²) < 4.78 is 4.82. The number of hydrogen-bond donors (Lipinski definition) is 2. The molecule has 1 aromatic heterocycles.